The third-order valence-electron chi connectivity index (χ3n) is 3.26. The summed E-state index contributed by atoms with van der Waals surface area (Å²) in [6.45, 7) is 7.67. The van der Waals surface area contributed by atoms with Gasteiger partial charge in [-0.2, -0.15) is 0 Å². The number of nitrogens with zero attached hydrogens (tertiary/aromatic N) is 1. The van der Waals surface area contributed by atoms with Crippen LogP contribution in [0.3, 0.4) is 0 Å². The predicted octanol–water partition coefficient (Wildman–Crippen LogP) is 3.57. The zero-order valence-corrected chi connectivity index (χ0v) is 12.4. The molecule has 1 aromatic heterocycles. The molecule has 0 aliphatic heterocycles. The summed E-state index contributed by atoms with van der Waals surface area (Å²) in [5.41, 5.74) is 7.54. The molecule has 0 fully saturated rings. The standard InChI is InChI=1S/C14H26N2S/c1-5-6-7-9-16(4)13(12(3)15)14-11(2)8-10-17-14/h8,10,12-13H,5-7,9,15H2,1-4H3. The molecule has 2 nitrogen and oxygen atoms in total. The van der Waals surface area contributed by atoms with Gasteiger partial charge in [0.2, 0.25) is 0 Å². The van der Waals surface area contributed by atoms with Crippen molar-refractivity contribution in [1.29, 1.82) is 0 Å². The van der Waals surface area contributed by atoms with Gasteiger partial charge in [-0.15, -0.1) is 11.3 Å². The smallest absolute Gasteiger partial charge is 0.0590 e. The number of hydrogen-bond donors (Lipinski definition) is 1. The molecular weight excluding hydrogens is 228 g/mol. The fourth-order valence-electron chi connectivity index (χ4n) is 2.28. The monoisotopic (exact) mass is 254 g/mol. The summed E-state index contributed by atoms with van der Waals surface area (Å²) in [6, 6.07) is 2.74. The van der Waals surface area contributed by atoms with E-state index < -0.39 is 0 Å². The Morgan fingerprint density at radius 2 is 2.12 bits per heavy atom. The number of likely N-dealkylation sites (N-methyl/N-ethyl adjacent to an activating group) is 1. The van der Waals surface area contributed by atoms with Crippen molar-refractivity contribution in [2.45, 2.75) is 52.1 Å². The fourth-order valence-corrected chi connectivity index (χ4v) is 3.48. The third kappa shape index (κ3) is 4.09. The van der Waals surface area contributed by atoms with E-state index in [1.54, 1.807) is 0 Å². The molecular formula is C14H26N2S. The van der Waals surface area contributed by atoms with Crippen LogP contribution in [0.1, 0.15) is 49.6 Å². The lowest BCUT2D eigenvalue weighted by atomic mass is 10.0. The van der Waals surface area contributed by atoms with Crippen LogP contribution in [0.5, 0.6) is 0 Å². The molecule has 17 heavy (non-hydrogen) atoms. The van der Waals surface area contributed by atoms with E-state index in [4.69, 9.17) is 5.73 Å². The van der Waals surface area contributed by atoms with Crippen LogP contribution < -0.4 is 5.73 Å². The Hall–Kier alpha value is -0.380. The molecule has 2 atom stereocenters. The van der Waals surface area contributed by atoms with E-state index in [9.17, 15) is 0 Å². The highest BCUT2D eigenvalue weighted by Gasteiger charge is 2.23. The largest absolute Gasteiger partial charge is 0.326 e. The predicted molar refractivity (Wildman–Crippen MR) is 77.6 cm³/mol. The molecule has 3 heteroatoms. The number of nitrogens with two attached hydrogens (primary N) is 1. The quantitative estimate of drug-likeness (QED) is 0.754. The van der Waals surface area contributed by atoms with Crippen LogP contribution in [0.4, 0.5) is 0 Å². The van der Waals surface area contributed by atoms with Crippen LogP contribution in [0.25, 0.3) is 0 Å². The summed E-state index contributed by atoms with van der Waals surface area (Å²) in [7, 11) is 2.20. The SMILES string of the molecule is CCCCCN(C)C(c1sccc1C)C(C)N. The van der Waals surface area contributed by atoms with Gasteiger partial charge in [-0.1, -0.05) is 19.8 Å². The van der Waals surface area contributed by atoms with Crippen molar-refractivity contribution < 1.29 is 0 Å². The molecule has 98 valence electrons. The zero-order chi connectivity index (χ0) is 12.8. The molecule has 0 amide bonds. The highest BCUT2D eigenvalue weighted by atomic mass is 32.1. The van der Waals surface area contributed by atoms with E-state index in [0.717, 1.165) is 6.54 Å². The number of unbranched alkanes of at least 4 members (excludes halogenated alkanes) is 2. The Morgan fingerprint density at radius 1 is 1.41 bits per heavy atom. The molecule has 0 radical (unpaired) electrons. The summed E-state index contributed by atoms with van der Waals surface area (Å²) in [4.78, 5) is 3.85. The Morgan fingerprint density at radius 3 is 2.59 bits per heavy atom. The van der Waals surface area contributed by atoms with Crippen LogP contribution in [-0.2, 0) is 0 Å². The van der Waals surface area contributed by atoms with Crippen LogP contribution >= 0.6 is 11.3 Å². The highest BCUT2D eigenvalue weighted by molar-refractivity contribution is 7.10. The molecule has 1 rings (SSSR count). The lowest BCUT2D eigenvalue weighted by molar-refractivity contribution is 0.217. The zero-order valence-electron chi connectivity index (χ0n) is 11.6. The molecule has 1 heterocycles. The summed E-state index contributed by atoms with van der Waals surface area (Å²) >= 11 is 1.83. The van der Waals surface area contributed by atoms with Crippen molar-refractivity contribution >= 4 is 11.3 Å². The van der Waals surface area contributed by atoms with E-state index in [0.29, 0.717) is 6.04 Å². The topological polar surface area (TPSA) is 29.3 Å². The van der Waals surface area contributed by atoms with Crippen LogP contribution in [-0.4, -0.2) is 24.5 Å². The summed E-state index contributed by atoms with van der Waals surface area (Å²) in [5.74, 6) is 0. The molecule has 0 saturated heterocycles. The molecule has 1 aromatic rings. The Balaban J connectivity index is 2.69. The van der Waals surface area contributed by atoms with Gasteiger partial charge in [0.25, 0.3) is 0 Å². The maximum Gasteiger partial charge on any atom is 0.0590 e. The highest BCUT2D eigenvalue weighted by Crippen LogP contribution is 2.30. The maximum atomic E-state index is 6.17. The van der Waals surface area contributed by atoms with E-state index in [1.807, 2.05) is 11.3 Å². The molecule has 2 N–H and O–H groups in total. The first-order valence-corrected chi connectivity index (χ1v) is 7.45. The average Bonchev–Trinajstić information content (AvgIpc) is 2.65. The first-order valence-electron chi connectivity index (χ1n) is 6.57. The summed E-state index contributed by atoms with van der Waals surface area (Å²) in [5, 5.41) is 2.17. The van der Waals surface area contributed by atoms with Gasteiger partial charge in [0.05, 0.1) is 6.04 Å². The number of hydrogen-bond acceptors (Lipinski definition) is 3. The Kier molecular flexibility index (Phi) is 6.17. The Bertz CT molecular complexity index is 320. The van der Waals surface area contributed by atoms with Gasteiger partial charge in [0.1, 0.15) is 0 Å². The molecule has 0 aliphatic carbocycles. The second-order valence-electron chi connectivity index (χ2n) is 4.96. The van der Waals surface area contributed by atoms with E-state index in [-0.39, 0.29) is 6.04 Å². The minimum absolute atomic E-state index is 0.180. The first-order chi connectivity index (χ1) is 8.07. The van der Waals surface area contributed by atoms with Gasteiger partial charge in [-0.05, 0) is 50.9 Å². The van der Waals surface area contributed by atoms with Crippen LogP contribution in [0, 0.1) is 6.92 Å². The summed E-state index contributed by atoms with van der Waals surface area (Å²) in [6.07, 6.45) is 3.84. The molecule has 0 saturated carbocycles. The lowest BCUT2D eigenvalue weighted by Gasteiger charge is -2.31. The van der Waals surface area contributed by atoms with E-state index >= 15 is 0 Å². The van der Waals surface area contributed by atoms with Crippen molar-refractivity contribution in [3.63, 3.8) is 0 Å². The minimum atomic E-state index is 0.180. The number of rotatable bonds is 7. The minimum Gasteiger partial charge on any atom is -0.326 e. The molecule has 0 aliphatic rings. The van der Waals surface area contributed by atoms with E-state index in [2.05, 4.69) is 44.2 Å². The normalized spacial score (nSPS) is 15.2. The van der Waals surface area contributed by atoms with Gasteiger partial charge < -0.3 is 5.73 Å². The van der Waals surface area contributed by atoms with Gasteiger partial charge >= 0.3 is 0 Å². The summed E-state index contributed by atoms with van der Waals surface area (Å²) < 4.78 is 0. The maximum absolute atomic E-state index is 6.17. The Labute approximate surface area is 110 Å². The average molecular weight is 254 g/mol. The molecule has 2 unspecified atom stereocenters. The molecule has 0 spiro atoms. The van der Waals surface area contributed by atoms with Gasteiger partial charge in [-0.3, -0.25) is 4.90 Å². The third-order valence-corrected chi connectivity index (χ3v) is 4.35. The van der Waals surface area contributed by atoms with Gasteiger partial charge in [0.15, 0.2) is 0 Å². The van der Waals surface area contributed by atoms with Gasteiger partial charge in [-0.25, -0.2) is 0 Å². The lowest BCUT2D eigenvalue weighted by Crippen LogP contribution is -2.37. The van der Waals surface area contributed by atoms with Crippen LogP contribution in [0.15, 0.2) is 11.4 Å². The van der Waals surface area contributed by atoms with Crippen molar-refractivity contribution in [3.05, 3.63) is 21.9 Å². The fraction of sp³-hybridized carbons (Fsp3) is 0.714. The second kappa shape index (κ2) is 7.14. The second-order valence-corrected chi connectivity index (χ2v) is 5.91. The van der Waals surface area contributed by atoms with E-state index in [1.165, 1.54) is 29.7 Å². The van der Waals surface area contributed by atoms with Crippen molar-refractivity contribution in [1.82, 2.24) is 4.90 Å². The van der Waals surface area contributed by atoms with Crippen LogP contribution in [0.2, 0.25) is 0 Å². The number of thiophene rings is 1. The van der Waals surface area contributed by atoms with Crippen molar-refractivity contribution in [2.75, 3.05) is 13.6 Å². The molecule has 0 aromatic carbocycles. The van der Waals surface area contributed by atoms with Crippen molar-refractivity contribution in [2.24, 2.45) is 5.73 Å². The van der Waals surface area contributed by atoms with Crippen molar-refractivity contribution in [3.8, 4) is 0 Å². The first kappa shape index (κ1) is 14.7. The number of aryl methyl sites for hydroxylation is 1. The van der Waals surface area contributed by atoms with Gasteiger partial charge in [0, 0.05) is 10.9 Å². The molecule has 0 bridgehead atoms.